The molecular weight excluding hydrogens is 292 g/mol. The van der Waals surface area contributed by atoms with Crippen molar-refractivity contribution in [1.82, 2.24) is 14.7 Å². The number of carbonyl (C=O) groups excluding carboxylic acids is 1. The minimum atomic E-state index is -0.384. The van der Waals surface area contributed by atoms with Crippen LogP contribution in [-0.4, -0.2) is 34.5 Å². The van der Waals surface area contributed by atoms with E-state index in [1.54, 1.807) is 12.3 Å². The number of aryl methyl sites for hydroxylation is 1. The molecule has 1 fully saturated rings. The number of nitrogens with zero attached hydrogens (tertiary/aromatic N) is 3. The van der Waals surface area contributed by atoms with Crippen LogP contribution in [0.25, 0.3) is 11.7 Å². The number of fused-ring (bicyclic) bond motifs is 1. The first-order valence-electron chi connectivity index (χ1n) is 7.62. The molecule has 2 aromatic rings. The Morgan fingerprint density at radius 3 is 3.26 bits per heavy atom. The largest absolute Gasteiger partial charge is 0.376 e. The molecule has 1 N–H and O–H groups in total. The van der Waals surface area contributed by atoms with Gasteiger partial charge in [0.15, 0.2) is 0 Å². The lowest BCUT2D eigenvalue weighted by Crippen LogP contribution is -2.32. The van der Waals surface area contributed by atoms with Crippen LogP contribution >= 0.6 is 0 Å². The van der Waals surface area contributed by atoms with E-state index in [9.17, 15) is 10.1 Å². The van der Waals surface area contributed by atoms with E-state index in [0.29, 0.717) is 12.2 Å². The number of amides is 1. The van der Waals surface area contributed by atoms with E-state index < -0.39 is 0 Å². The molecule has 3 heterocycles. The van der Waals surface area contributed by atoms with Gasteiger partial charge in [-0.3, -0.25) is 4.79 Å². The summed E-state index contributed by atoms with van der Waals surface area (Å²) in [5.41, 5.74) is 2.65. The van der Waals surface area contributed by atoms with Crippen molar-refractivity contribution in [1.29, 1.82) is 5.26 Å². The summed E-state index contributed by atoms with van der Waals surface area (Å²) in [6, 6.07) is 5.86. The number of ether oxygens (including phenoxy) is 1. The Hall–Kier alpha value is -2.65. The fourth-order valence-corrected chi connectivity index (χ4v) is 2.61. The molecule has 6 nitrogen and oxygen atoms in total. The third kappa shape index (κ3) is 3.41. The normalized spacial score (nSPS) is 18.1. The molecule has 0 bridgehead atoms. The predicted molar refractivity (Wildman–Crippen MR) is 85.5 cm³/mol. The summed E-state index contributed by atoms with van der Waals surface area (Å²) in [6.07, 6.45) is 7.10. The lowest BCUT2D eigenvalue weighted by Gasteiger charge is -2.10. The van der Waals surface area contributed by atoms with E-state index in [0.717, 1.165) is 30.7 Å². The predicted octanol–water partition coefficient (Wildman–Crippen LogP) is 1.84. The summed E-state index contributed by atoms with van der Waals surface area (Å²) < 4.78 is 7.31. The molecule has 23 heavy (non-hydrogen) atoms. The molecule has 1 aliphatic rings. The van der Waals surface area contributed by atoms with Crippen molar-refractivity contribution in [3.05, 3.63) is 41.4 Å². The minimum absolute atomic E-state index is 0.0534. The molecule has 1 saturated heterocycles. The van der Waals surface area contributed by atoms with Gasteiger partial charge in [0.25, 0.3) is 5.91 Å². The van der Waals surface area contributed by atoms with E-state index in [2.05, 4.69) is 10.3 Å². The van der Waals surface area contributed by atoms with Gasteiger partial charge in [-0.05, 0) is 43.5 Å². The van der Waals surface area contributed by atoms with Crippen molar-refractivity contribution in [3.63, 3.8) is 0 Å². The van der Waals surface area contributed by atoms with Crippen LogP contribution in [0.15, 0.2) is 30.1 Å². The van der Waals surface area contributed by atoms with E-state index in [4.69, 9.17) is 4.74 Å². The fraction of sp³-hybridized carbons (Fsp3) is 0.353. The van der Waals surface area contributed by atoms with Crippen LogP contribution in [0.3, 0.4) is 0 Å². The molecule has 0 spiro atoms. The summed E-state index contributed by atoms with van der Waals surface area (Å²) in [5, 5.41) is 12.0. The van der Waals surface area contributed by atoms with Crippen LogP contribution in [0.1, 0.15) is 24.1 Å². The summed E-state index contributed by atoms with van der Waals surface area (Å²) in [4.78, 5) is 16.5. The molecule has 0 unspecified atom stereocenters. The Kier molecular flexibility index (Phi) is 4.40. The number of carbonyl (C=O) groups is 1. The maximum atomic E-state index is 12.2. The summed E-state index contributed by atoms with van der Waals surface area (Å²) in [7, 11) is 0. The van der Waals surface area contributed by atoms with Gasteiger partial charge in [0.2, 0.25) is 0 Å². The highest BCUT2D eigenvalue weighted by Crippen LogP contribution is 2.13. The number of hydrogen-bond acceptors (Lipinski definition) is 4. The highest BCUT2D eigenvalue weighted by atomic mass is 16.5. The van der Waals surface area contributed by atoms with E-state index in [1.165, 1.54) is 0 Å². The number of imidazole rings is 1. The lowest BCUT2D eigenvalue weighted by atomic mass is 10.2. The van der Waals surface area contributed by atoms with Crippen LogP contribution in [0, 0.1) is 18.3 Å². The van der Waals surface area contributed by atoms with Crippen molar-refractivity contribution in [3.8, 4) is 6.07 Å². The molecule has 2 aromatic heterocycles. The fourth-order valence-electron chi connectivity index (χ4n) is 2.61. The molecule has 0 radical (unpaired) electrons. The topological polar surface area (TPSA) is 79.4 Å². The van der Waals surface area contributed by atoms with Crippen molar-refractivity contribution >= 4 is 17.6 Å². The van der Waals surface area contributed by atoms with Crippen LogP contribution < -0.4 is 5.32 Å². The van der Waals surface area contributed by atoms with Crippen LogP contribution in [0.4, 0.5) is 0 Å². The summed E-state index contributed by atoms with van der Waals surface area (Å²) in [6.45, 7) is 3.16. The van der Waals surface area contributed by atoms with Crippen molar-refractivity contribution < 1.29 is 9.53 Å². The maximum Gasteiger partial charge on any atom is 0.262 e. The van der Waals surface area contributed by atoms with Gasteiger partial charge in [-0.15, -0.1) is 0 Å². The van der Waals surface area contributed by atoms with E-state index in [1.807, 2.05) is 35.7 Å². The average Bonchev–Trinajstić information content (AvgIpc) is 3.19. The second kappa shape index (κ2) is 6.63. The van der Waals surface area contributed by atoms with Gasteiger partial charge >= 0.3 is 0 Å². The lowest BCUT2D eigenvalue weighted by molar-refractivity contribution is -0.117. The monoisotopic (exact) mass is 310 g/mol. The third-order valence-electron chi connectivity index (χ3n) is 3.87. The smallest absolute Gasteiger partial charge is 0.262 e. The molecular formula is C17H18N4O2. The molecule has 0 aromatic carbocycles. The highest BCUT2D eigenvalue weighted by Gasteiger charge is 2.17. The molecule has 1 aliphatic heterocycles. The zero-order valence-corrected chi connectivity index (χ0v) is 13.0. The maximum absolute atomic E-state index is 12.2. The molecule has 0 aliphatic carbocycles. The number of rotatable bonds is 4. The number of aromatic nitrogens is 2. The van der Waals surface area contributed by atoms with Crippen LogP contribution in [-0.2, 0) is 9.53 Å². The number of hydrogen-bond donors (Lipinski definition) is 1. The Balaban J connectivity index is 1.77. The Morgan fingerprint density at radius 1 is 1.65 bits per heavy atom. The van der Waals surface area contributed by atoms with Crippen LogP contribution in [0.5, 0.6) is 0 Å². The molecule has 3 rings (SSSR count). The first-order valence-corrected chi connectivity index (χ1v) is 7.62. The van der Waals surface area contributed by atoms with Crippen molar-refractivity contribution in [2.24, 2.45) is 0 Å². The zero-order valence-electron chi connectivity index (χ0n) is 13.0. The van der Waals surface area contributed by atoms with E-state index >= 15 is 0 Å². The van der Waals surface area contributed by atoms with Gasteiger partial charge in [-0.2, -0.15) is 5.26 Å². The Morgan fingerprint density at radius 2 is 2.52 bits per heavy atom. The highest BCUT2D eigenvalue weighted by molar-refractivity contribution is 6.01. The number of nitrogens with one attached hydrogen (secondary N) is 1. The van der Waals surface area contributed by atoms with Gasteiger partial charge in [-0.1, -0.05) is 0 Å². The summed E-state index contributed by atoms with van der Waals surface area (Å²) in [5.74, 6) is -0.384. The first kappa shape index (κ1) is 15.3. The molecule has 1 atom stereocenters. The first-order chi connectivity index (χ1) is 11.2. The van der Waals surface area contributed by atoms with Gasteiger partial charge in [0.05, 0.1) is 18.0 Å². The average molecular weight is 310 g/mol. The molecule has 1 amide bonds. The second-order valence-electron chi connectivity index (χ2n) is 5.63. The summed E-state index contributed by atoms with van der Waals surface area (Å²) >= 11 is 0. The second-order valence-corrected chi connectivity index (χ2v) is 5.63. The van der Waals surface area contributed by atoms with E-state index in [-0.39, 0.29) is 17.6 Å². The standard InChI is InChI=1S/C17H18N4O2/c1-12-4-5-21-14(10-19-16(21)7-12)8-13(9-18)17(22)20-11-15-3-2-6-23-15/h4-5,7-8,10,15H,2-3,6,11H2,1H3,(H,20,22)/b13-8+/t15-/m0/s1. The van der Waals surface area contributed by atoms with Gasteiger partial charge < -0.3 is 14.5 Å². The van der Waals surface area contributed by atoms with Crippen LogP contribution in [0.2, 0.25) is 0 Å². The Bertz CT molecular complexity index is 795. The number of pyridine rings is 1. The van der Waals surface area contributed by atoms with Gasteiger partial charge in [0.1, 0.15) is 17.3 Å². The van der Waals surface area contributed by atoms with Gasteiger partial charge in [-0.25, -0.2) is 4.98 Å². The van der Waals surface area contributed by atoms with Gasteiger partial charge in [0, 0.05) is 19.3 Å². The minimum Gasteiger partial charge on any atom is -0.376 e. The zero-order chi connectivity index (χ0) is 16.2. The van der Waals surface area contributed by atoms with Crippen molar-refractivity contribution in [2.75, 3.05) is 13.2 Å². The Labute approximate surface area is 134 Å². The number of nitriles is 1. The SMILES string of the molecule is Cc1ccn2c(/C=C(\C#N)C(=O)NC[C@@H]3CCCO3)cnc2c1. The molecule has 118 valence electrons. The third-order valence-corrected chi connectivity index (χ3v) is 3.87. The molecule has 6 heteroatoms. The quantitative estimate of drug-likeness (QED) is 0.690. The molecule has 0 saturated carbocycles. The van der Waals surface area contributed by atoms with Crippen molar-refractivity contribution in [2.45, 2.75) is 25.9 Å².